The predicted octanol–water partition coefficient (Wildman–Crippen LogP) is 3.97. The van der Waals surface area contributed by atoms with Crippen LogP contribution in [0.1, 0.15) is 18.6 Å². The predicted molar refractivity (Wildman–Crippen MR) is 67.8 cm³/mol. The molecule has 0 radical (unpaired) electrons. The van der Waals surface area contributed by atoms with Gasteiger partial charge in [0.25, 0.3) is 0 Å². The van der Waals surface area contributed by atoms with Gasteiger partial charge in [-0.1, -0.05) is 55.1 Å². The van der Waals surface area contributed by atoms with Crippen LogP contribution in [-0.2, 0) is 4.74 Å². The molecular weight excluding hydrogens is 220 g/mol. The van der Waals surface area contributed by atoms with Crippen LogP contribution in [0.4, 0.5) is 4.79 Å². The largest absolute Gasteiger partial charge is 0.450 e. The summed E-state index contributed by atoms with van der Waals surface area (Å²) >= 11 is 3.62. The van der Waals surface area contributed by atoms with Crippen molar-refractivity contribution in [2.45, 2.75) is 13.0 Å². The fourth-order valence-electron chi connectivity index (χ4n) is 1.82. The highest BCUT2D eigenvalue weighted by atomic mass is 32.1. The zero-order valence-corrected chi connectivity index (χ0v) is 9.78. The first-order chi connectivity index (χ1) is 7.68. The van der Waals surface area contributed by atoms with Gasteiger partial charge in [0.05, 0.1) is 0 Å². The van der Waals surface area contributed by atoms with Gasteiger partial charge >= 0.3 is 5.30 Å². The fourth-order valence-corrected chi connectivity index (χ4v) is 1.98. The van der Waals surface area contributed by atoms with Crippen LogP contribution in [0.2, 0.25) is 0 Å². The third-order valence-corrected chi connectivity index (χ3v) is 2.64. The first kappa shape index (κ1) is 11.0. The number of rotatable bonds is 2. The standard InChI is InChI=1S/C13H12O2S/c1-9(15-13(14)16)11-8-4-6-10-5-2-3-7-12(10)11/h2-9H,1H3,(H,14,16). The van der Waals surface area contributed by atoms with Gasteiger partial charge in [0.2, 0.25) is 0 Å². The maximum absolute atomic E-state index is 10.8. The van der Waals surface area contributed by atoms with Crippen molar-refractivity contribution in [3.8, 4) is 0 Å². The van der Waals surface area contributed by atoms with E-state index in [0.717, 1.165) is 16.3 Å². The van der Waals surface area contributed by atoms with Gasteiger partial charge in [0, 0.05) is 5.56 Å². The Kier molecular flexibility index (Phi) is 3.15. The van der Waals surface area contributed by atoms with E-state index in [0.29, 0.717) is 0 Å². The summed E-state index contributed by atoms with van der Waals surface area (Å²) in [7, 11) is 0. The summed E-state index contributed by atoms with van der Waals surface area (Å²) in [5.74, 6) is 0. The van der Waals surface area contributed by atoms with E-state index in [4.69, 9.17) is 4.74 Å². The van der Waals surface area contributed by atoms with E-state index in [1.807, 2.05) is 49.4 Å². The molecule has 0 saturated heterocycles. The minimum Gasteiger partial charge on any atom is -0.450 e. The van der Waals surface area contributed by atoms with E-state index >= 15 is 0 Å². The summed E-state index contributed by atoms with van der Waals surface area (Å²) in [6.07, 6.45) is -0.281. The van der Waals surface area contributed by atoms with Crippen molar-refractivity contribution in [1.29, 1.82) is 0 Å². The zero-order chi connectivity index (χ0) is 11.5. The molecule has 1 unspecified atom stereocenters. The van der Waals surface area contributed by atoms with Crippen LogP contribution in [0.3, 0.4) is 0 Å². The molecular formula is C13H12O2S. The number of thiol groups is 1. The fraction of sp³-hybridized carbons (Fsp3) is 0.154. The molecule has 0 aromatic heterocycles. The normalized spacial score (nSPS) is 12.4. The quantitative estimate of drug-likeness (QED) is 0.626. The number of hydrogen-bond acceptors (Lipinski definition) is 2. The van der Waals surface area contributed by atoms with E-state index in [1.54, 1.807) is 0 Å². The molecule has 82 valence electrons. The molecule has 0 saturated carbocycles. The number of ether oxygens (including phenoxy) is 1. The molecule has 2 nitrogen and oxygen atoms in total. The average molecular weight is 232 g/mol. The molecule has 2 aromatic rings. The van der Waals surface area contributed by atoms with Crippen LogP contribution in [0, 0.1) is 0 Å². The Morgan fingerprint density at radius 3 is 2.62 bits per heavy atom. The van der Waals surface area contributed by atoms with Crippen LogP contribution in [-0.4, -0.2) is 5.30 Å². The number of benzene rings is 2. The van der Waals surface area contributed by atoms with E-state index in [9.17, 15) is 4.79 Å². The molecule has 2 rings (SSSR count). The van der Waals surface area contributed by atoms with E-state index in [-0.39, 0.29) is 6.10 Å². The molecule has 0 bridgehead atoms. The van der Waals surface area contributed by atoms with Gasteiger partial charge in [0.1, 0.15) is 6.10 Å². The summed E-state index contributed by atoms with van der Waals surface area (Å²) in [6, 6.07) is 14.0. The maximum Gasteiger partial charge on any atom is 0.364 e. The lowest BCUT2D eigenvalue weighted by molar-refractivity contribution is 0.135. The third kappa shape index (κ3) is 2.19. The van der Waals surface area contributed by atoms with Gasteiger partial charge in [-0.2, -0.15) is 0 Å². The maximum atomic E-state index is 10.8. The van der Waals surface area contributed by atoms with Gasteiger partial charge < -0.3 is 4.74 Å². The summed E-state index contributed by atoms with van der Waals surface area (Å²) in [5, 5.41) is 1.69. The molecule has 0 N–H and O–H groups in total. The van der Waals surface area contributed by atoms with Crippen LogP contribution in [0.25, 0.3) is 10.8 Å². The van der Waals surface area contributed by atoms with E-state index in [1.165, 1.54) is 0 Å². The summed E-state index contributed by atoms with van der Waals surface area (Å²) in [5.41, 5.74) is 1.00. The first-order valence-electron chi connectivity index (χ1n) is 5.05. The Morgan fingerprint density at radius 1 is 1.19 bits per heavy atom. The smallest absolute Gasteiger partial charge is 0.364 e. The molecule has 0 heterocycles. The van der Waals surface area contributed by atoms with Gasteiger partial charge in [-0.25, -0.2) is 4.79 Å². The second-order valence-electron chi connectivity index (χ2n) is 3.59. The topological polar surface area (TPSA) is 26.3 Å². The number of carbonyl (C=O) groups excluding carboxylic acids is 1. The second kappa shape index (κ2) is 4.58. The monoisotopic (exact) mass is 232 g/mol. The summed E-state index contributed by atoms with van der Waals surface area (Å²) < 4.78 is 5.07. The Morgan fingerprint density at radius 2 is 1.88 bits per heavy atom. The van der Waals surface area contributed by atoms with Crippen LogP contribution in [0.5, 0.6) is 0 Å². The molecule has 2 aromatic carbocycles. The number of fused-ring (bicyclic) bond motifs is 1. The van der Waals surface area contributed by atoms with Crippen LogP contribution in [0.15, 0.2) is 42.5 Å². The van der Waals surface area contributed by atoms with E-state index < -0.39 is 5.30 Å². The lowest BCUT2D eigenvalue weighted by Gasteiger charge is -2.14. The minimum atomic E-state index is -0.555. The molecule has 0 aliphatic heterocycles. The molecule has 0 aliphatic rings. The van der Waals surface area contributed by atoms with Gasteiger partial charge in [-0.3, -0.25) is 0 Å². The molecule has 16 heavy (non-hydrogen) atoms. The first-order valence-corrected chi connectivity index (χ1v) is 5.50. The molecule has 0 aliphatic carbocycles. The van der Waals surface area contributed by atoms with Crippen LogP contribution >= 0.6 is 12.6 Å². The molecule has 0 fully saturated rings. The lowest BCUT2D eigenvalue weighted by atomic mass is 10.0. The minimum absolute atomic E-state index is 0.281. The van der Waals surface area contributed by atoms with Crippen molar-refractivity contribution < 1.29 is 9.53 Å². The highest BCUT2D eigenvalue weighted by Crippen LogP contribution is 2.26. The zero-order valence-electron chi connectivity index (χ0n) is 8.88. The third-order valence-electron chi connectivity index (χ3n) is 2.54. The van der Waals surface area contributed by atoms with Gasteiger partial charge in [-0.15, -0.1) is 0 Å². The SMILES string of the molecule is CC(OC(=O)S)c1cccc2ccccc12. The van der Waals surface area contributed by atoms with Crippen molar-refractivity contribution in [3.05, 3.63) is 48.0 Å². The highest BCUT2D eigenvalue weighted by Gasteiger charge is 2.11. The molecule has 3 heteroatoms. The summed E-state index contributed by atoms with van der Waals surface area (Å²) in [4.78, 5) is 10.8. The number of carbonyl (C=O) groups is 1. The van der Waals surface area contributed by atoms with Gasteiger partial charge in [-0.05, 0) is 17.7 Å². The Hall–Kier alpha value is -1.48. The van der Waals surface area contributed by atoms with Crippen LogP contribution < -0.4 is 0 Å². The van der Waals surface area contributed by atoms with Crippen molar-refractivity contribution in [2.24, 2.45) is 0 Å². The Labute approximate surface area is 99.6 Å². The van der Waals surface area contributed by atoms with Crippen molar-refractivity contribution in [3.63, 3.8) is 0 Å². The second-order valence-corrected chi connectivity index (χ2v) is 3.96. The highest BCUT2D eigenvalue weighted by molar-refractivity contribution is 7.96. The van der Waals surface area contributed by atoms with Crippen molar-refractivity contribution >= 4 is 28.7 Å². The molecule has 0 amide bonds. The number of hydrogen-bond donors (Lipinski definition) is 1. The molecule has 1 atom stereocenters. The van der Waals surface area contributed by atoms with Crippen molar-refractivity contribution in [2.75, 3.05) is 0 Å². The Balaban J connectivity index is 2.47. The van der Waals surface area contributed by atoms with Crippen molar-refractivity contribution in [1.82, 2.24) is 0 Å². The van der Waals surface area contributed by atoms with Gasteiger partial charge in [0.15, 0.2) is 0 Å². The Bertz CT molecular complexity index is 517. The lowest BCUT2D eigenvalue weighted by Crippen LogP contribution is -2.02. The summed E-state index contributed by atoms with van der Waals surface area (Å²) in [6.45, 7) is 1.84. The average Bonchev–Trinajstić information content (AvgIpc) is 2.27. The molecule has 0 spiro atoms. The van der Waals surface area contributed by atoms with E-state index in [2.05, 4.69) is 12.6 Å².